The third-order valence-corrected chi connectivity index (χ3v) is 4.87. The highest BCUT2D eigenvalue weighted by atomic mass is 35.5. The van der Waals surface area contributed by atoms with Gasteiger partial charge in [0.1, 0.15) is 5.82 Å². The van der Waals surface area contributed by atoms with Crippen LogP contribution in [0.1, 0.15) is 35.3 Å². The normalized spacial score (nSPS) is 20.0. The Morgan fingerprint density at radius 3 is 2.65 bits per heavy atom. The molecular weight excluding hydrogens is 330 g/mol. The van der Waals surface area contributed by atoms with Crippen LogP contribution in [0.15, 0.2) is 30.5 Å². The quantitative estimate of drug-likeness (QED) is 0.732. The molecule has 1 aliphatic carbocycles. The Morgan fingerprint density at radius 1 is 1.26 bits per heavy atom. The van der Waals surface area contributed by atoms with Crippen LogP contribution in [0, 0.1) is 11.7 Å². The van der Waals surface area contributed by atoms with Crippen LogP contribution in [0.4, 0.5) is 0 Å². The fraction of sp³-hybridized carbons (Fsp3) is 0.312. The Morgan fingerprint density at radius 2 is 2.00 bits per heavy atom. The molecule has 0 aliphatic heterocycles. The van der Waals surface area contributed by atoms with E-state index in [1.807, 2.05) is 36.9 Å². The van der Waals surface area contributed by atoms with E-state index in [-0.39, 0.29) is 0 Å². The van der Waals surface area contributed by atoms with Crippen molar-refractivity contribution >= 4 is 23.8 Å². The minimum Gasteiger partial charge on any atom is -0.273 e. The van der Waals surface area contributed by atoms with E-state index in [1.165, 1.54) is 5.56 Å². The van der Waals surface area contributed by atoms with E-state index in [2.05, 4.69) is 27.4 Å². The standard InChI is InChI=1S/C16H16ClN5S/c1-9-14(8-21(2)20-9)22-15(18-19-16(22)23)13-7-12(13)10-3-5-11(17)6-4-10/h3-6,8,12-13H,7H2,1-2H3,(H,19,23)/t12-,13-/m1/s1. The first-order valence-corrected chi connectivity index (χ1v) is 8.26. The van der Waals surface area contributed by atoms with Crippen molar-refractivity contribution < 1.29 is 0 Å². The van der Waals surface area contributed by atoms with Gasteiger partial charge in [0.2, 0.25) is 0 Å². The Labute approximate surface area is 143 Å². The largest absolute Gasteiger partial charge is 0.273 e. The van der Waals surface area contributed by atoms with Gasteiger partial charge >= 0.3 is 0 Å². The average Bonchev–Trinajstić information content (AvgIpc) is 3.11. The van der Waals surface area contributed by atoms with Crippen molar-refractivity contribution in [3.8, 4) is 5.69 Å². The lowest BCUT2D eigenvalue weighted by atomic mass is 10.1. The van der Waals surface area contributed by atoms with Crippen LogP contribution in [0.2, 0.25) is 5.02 Å². The zero-order valence-corrected chi connectivity index (χ0v) is 14.4. The van der Waals surface area contributed by atoms with Gasteiger partial charge in [-0.1, -0.05) is 23.7 Å². The zero-order valence-electron chi connectivity index (χ0n) is 12.8. The number of halogens is 1. The molecule has 0 amide bonds. The highest BCUT2D eigenvalue weighted by Gasteiger charge is 2.43. The number of nitrogens with zero attached hydrogens (tertiary/aromatic N) is 4. The number of H-pyrrole nitrogens is 1. The third-order valence-electron chi connectivity index (χ3n) is 4.35. The van der Waals surface area contributed by atoms with Gasteiger partial charge in [0.05, 0.1) is 11.4 Å². The van der Waals surface area contributed by atoms with E-state index in [0.29, 0.717) is 16.6 Å². The minimum absolute atomic E-state index is 0.365. The summed E-state index contributed by atoms with van der Waals surface area (Å²) in [6, 6.07) is 8.06. The lowest BCUT2D eigenvalue weighted by Gasteiger charge is -2.05. The van der Waals surface area contributed by atoms with Crippen LogP contribution < -0.4 is 0 Å². The zero-order chi connectivity index (χ0) is 16.1. The molecule has 0 spiro atoms. The summed E-state index contributed by atoms with van der Waals surface area (Å²) >= 11 is 11.4. The molecule has 5 nitrogen and oxygen atoms in total. The smallest absolute Gasteiger partial charge is 0.199 e. The summed E-state index contributed by atoms with van der Waals surface area (Å²) in [5.74, 6) is 1.81. The predicted molar refractivity (Wildman–Crippen MR) is 91.8 cm³/mol. The molecule has 1 N–H and O–H groups in total. The second kappa shape index (κ2) is 5.32. The van der Waals surface area contributed by atoms with Gasteiger partial charge in [-0.05, 0) is 49.2 Å². The molecule has 3 aromatic rings. The van der Waals surface area contributed by atoms with Crippen molar-refractivity contribution in [2.75, 3.05) is 0 Å². The Bertz CT molecular complexity index is 921. The maximum absolute atomic E-state index is 5.97. The molecular formula is C16H16ClN5S. The summed E-state index contributed by atoms with van der Waals surface area (Å²) in [5.41, 5.74) is 3.22. The molecule has 0 radical (unpaired) electrons. The van der Waals surface area contributed by atoms with Crippen LogP contribution in [-0.2, 0) is 7.05 Å². The van der Waals surface area contributed by atoms with Crippen molar-refractivity contribution in [3.63, 3.8) is 0 Å². The Balaban J connectivity index is 1.71. The van der Waals surface area contributed by atoms with Crippen LogP contribution in [0.3, 0.4) is 0 Å². The molecule has 4 rings (SSSR count). The maximum atomic E-state index is 5.97. The summed E-state index contributed by atoms with van der Waals surface area (Å²) < 4.78 is 4.42. The lowest BCUT2D eigenvalue weighted by Crippen LogP contribution is -2.01. The topological polar surface area (TPSA) is 51.4 Å². The molecule has 118 valence electrons. The second-order valence-electron chi connectivity index (χ2n) is 6.00. The van der Waals surface area contributed by atoms with Crippen LogP contribution in [0.5, 0.6) is 0 Å². The van der Waals surface area contributed by atoms with Gasteiger partial charge in [0.15, 0.2) is 4.77 Å². The summed E-state index contributed by atoms with van der Waals surface area (Å²) in [5, 5.41) is 12.6. The first kappa shape index (κ1) is 14.7. The highest BCUT2D eigenvalue weighted by molar-refractivity contribution is 7.71. The fourth-order valence-electron chi connectivity index (χ4n) is 3.16. The van der Waals surface area contributed by atoms with E-state index in [9.17, 15) is 0 Å². The number of hydrogen-bond acceptors (Lipinski definition) is 3. The van der Waals surface area contributed by atoms with Crippen molar-refractivity contribution in [3.05, 3.63) is 57.3 Å². The van der Waals surface area contributed by atoms with E-state index in [1.54, 1.807) is 4.68 Å². The molecule has 1 aromatic carbocycles. The molecule has 1 saturated carbocycles. The molecule has 2 heterocycles. The molecule has 23 heavy (non-hydrogen) atoms. The molecule has 2 atom stereocenters. The second-order valence-corrected chi connectivity index (χ2v) is 6.82. The van der Waals surface area contributed by atoms with Crippen molar-refractivity contribution in [2.45, 2.75) is 25.2 Å². The van der Waals surface area contributed by atoms with Gasteiger partial charge in [0, 0.05) is 24.2 Å². The van der Waals surface area contributed by atoms with Crippen LogP contribution in [-0.4, -0.2) is 24.5 Å². The Kier molecular flexibility index (Phi) is 3.39. The first-order valence-electron chi connectivity index (χ1n) is 7.48. The van der Waals surface area contributed by atoms with E-state index >= 15 is 0 Å². The summed E-state index contributed by atoms with van der Waals surface area (Å²) in [6.07, 6.45) is 3.05. The van der Waals surface area contributed by atoms with Gasteiger partial charge < -0.3 is 0 Å². The van der Waals surface area contributed by atoms with Gasteiger partial charge in [-0.25, -0.2) is 0 Å². The minimum atomic E-state index is 0.365. The molecule has 7 heteroatoms. The SMILES string of the molecule is Cc1nn(C)cc1-n1c([C@@H]2C[C@@H]2c2ccc(Cl)cc2)n[nH]c1=S. The number of hydrogen-bond donors (Lipinski definition) is 1. The number of nitrogens with one attached hydrogen (secondary N) is 1. The van der Waals surface area contributed by atoms with Crippen molar-refractivity contribution in [1.82, 2.24) is 24.5 Å². The summed E-state index contributed by atoms with van der Waals surface area (Å²) in [6.45, 7) is 1.98. The number of aryl methyl sites for hydroxylation is 2. The van der Waals surface area contributed by atoms with E-state index in [4.69, 9.17) is 23.8 Å². The Hall–Kier alpha value is -1.92. The van der Waals surface area contributed by atoms with Gasteiger partial charge in [-0.3, -0.25) is 14.3 Å². The number of aromatic amines is 1. The molecule has 1 fully saturated rings. The molecule has 0 unspecified atom stereocenters. The van der Waals surface area contributed by atoms with Crippen LogP contribution in [0.25, 0.3) is 5.69 Å². The average molecular weight is 346 g/mol. The lowest BCUT2D eigenvalue weighted by molar-refractivity contribution is 0.756. The number of benzene rings is 1. The van der Waals surface area contributed by atoms with Gasteiger partial charge in [0.25, 0.3) is 0 Å². The third kappa shape index (κ3) is 2.52. The van der Waals surface area contributed by atoms with Gasteiger partial charge in [-0.2, -0.15) is 10.2 Å². The van der Waals surface area contributed by atoms with Gasteiger partial charge in [-0.15, -0.1) is 0 Å². The molecule has 0 saturated heterocycles. The number of aromatic nitrogens is 5. The van der Waals surface area contributed by atoms with Crippen molar-refractivity contribution in [2.24, 2.45) is 7.05 Å². The van der Waals surface area contributed by atoms with E-state index in [0.717, 1.165) is 28.6 Å². The van der Waals surface area contributed by atoms with Crippen LogP contribution >= 0.6 is 23.8 Å². The summed E-state index contributed by atoms with van der Waals surface area (Å²) in [7, 11) is 1.91. The van der Waals surface area contributed by atoms with Crippen molar-refractivity contribution in [1.29, 1.82) is 0 Å². The first-order chi connectivity index (χ1) is 11.0. The monoisotopic (exact) mass is 345 g/mol. The molecule has 0 bridgehead atoms. The summed E-state index contributed by atoms with van der Waals surface area (Å²) in [4.78, 5) is 0. The fourth-order valence-corrected chi connectivity index (χ4v) is 3.52. The maximum Gasteiger partial charge on any atom is 0.199 e. The molecule has 2 aromatic heterocycles. The molecule has 1 aliphatic rings. The predicted octanol–water partition coefficient (Wildman–Crippen LogP) is 3.90. The highest BCUT2D eigenvalue weighted by Crippen LogP contribution is 2.54. The van der Waals surface area contributed by atoms with E-state index < -0.39 is 0 Å². The number of rotatable bonds is 3.